The van der Waals surface area contributed by atoms with Crippen LogP contribution in [0.2, 0.25) is 0 Å². The van der Waals surface area contributed by atoms with Crippen molar-refractivity contribution in [3.8, 4) is 0 Å². The van der Waals surface area contributed by atoms with Crippen LogP contribution in [0, 0.1) is 10.1 Å². The number of nitrogens with one attached hydrogen (secondary N) is 4. The molecule has 4 N–H and O–H groups in total. The van der Waals surface area contributed by atoms with Gasteiger partial charge in [-0.15, -0.1) is 16.8 Å². The molecule has 0 aliphatic carbocycles. The number of nitrogens with zero attached hydrogens (tertiary/aromatic N) is 4. The van der Waals surface area contributed by atoms with Gasteiger partial charge >= 0.3 is 24.0 Å². The Balaban J connectivity index is 1.88. The van der Waals surface area contributed by atoms with Gasteiger partial charge in [-0.2, -0.15) is 0 Å². The largest absolute Gasteiger partial charge is 0.444 e. The normalized spacial score (nSPS) is 12.8. The number of nitro groups is 1. The average molecular weight is 753 g/mol. The summed E-state index contributed by atoms with van der Waals surface area (Å²) < 4.78 is 20.5. The minimum atomic E-state index is -0.928. The summed E-state index contributed by atoms with van der Waals surface area (Å²) in [6.07, 6.45) is 1.28. The molecule has 1 heterocycles. The molecular weight excluding hydrogens is 700 g/mol. The first-order chi connectivity index (χ1) is 24.1. The zero-order valence-electron chi connectivity index (χ0n) is 31.4. The van der Waals surface area contributed by atoms with E-state index in [0.717, 1.165) is 29.9 Å². The second-order valence-electron chi connectivity index (χ2n) is 14.7. The number of aliphatic imine (C=N–C) groups is 1. The third-order valence-corrected chi connectivity index (χ3v) is 7.50. The van der Waals surface area contributed by atoms with E-state index in [1.807, 2.05) is 0 Å². The lowest BCUT2D eigenvalue weighted by molar-refractivity contribution is -0.383. The molecular formula is C33H52N8O10S. The van der Waals surface area contributed by atoms with Crippen LogP contribution in [0.1, 0.15) is 101 Å². The number of hydrogen-bond acceptors (Lipinski definition) is 13. The molecule has 0 bridgehead atoms. The number of guanidine groups is 1. The van der Waals surface area contributed by atoms with Crippen molar-refractivity contribution >= 4 is 58.6 Å². The van der Waals surface area contributed by atoms with Gasteiger partial charge < -0.3 is 30.2 Å². The number of rotatable bonds is 15. The van der Waals surface area contributed by atoms with E-state index in [-0.39, 0.29) is 36.0 Å². The lowest BCUT2D eigenvalue weighted by atomic mass is 10.1. The predicted molar refractivity (Wildman–Crippen MR) is 194 cm³/mol. The molecule has 0 radical (unpaired) electrons. The number of thioether (sulfide) groups is 1. The Morgan fingerprint density at radius 1 is 0.827 bits per heavy atom. The molecule has 18 nitrogen and oxygen atoms in total. The molecule has 0 spiro atoms. The van der Waals surface area contributed by atoms with Gasteiger partial charge in [-0.25, -0.2) is 19.0 Å². The number of unbranched alkanes of at least 4 members (excludes halogenated alkanes) is 3. The quantitative estimate of drug-likeness (QED) is 0.0311. The zero-order chi connectivity index (χ0) is 39.1. The number of fused-ring (bicyclic) bond motifs is 1. The van der Waals surface area contributed by atoms with Crippen molar-refractivity contribution in [1.82, 2.24) is 31.6 Å². The van der Waals surface area contributed by atoms with E-state index < -0.39 is 46.0 Å². The molecule has 1 unspecified atom stereocenters. The number of carbonyl (C=O) groups is 4. The van der Waals surface area contributed by atoms with Crippen LogP contribution < -0.4 is 21.3 Å². The van der Waals surface area contributed by atoms with Crippen molar-refractivity contribution in [2.24, 2.45) is 4.99 Å². The predicted octanol–water partition coefficient (Wildman–Crippen LogP) is 5.98. The molecule has 2 aromatic rings. The average Bonchev–Trinajstić information content (AvgIpc) is 3.47. The van der Waals surface area contributed by atoms with Crippen LogP contribution in [0.25, 0.3) is 11.0 Å². The molecule has 0 saturated carbocycles. The first kappa shape index (κ1) is 43.5. The number of amides is 4. The Labute approximate surface area is 307 Å². The molecule has 52 heavy (non-hydrogen) atoms. The fraction of sp³-hybridized carbons (Fsp3) is 0.667. The summed E-state index contributed by atoms with van der Waals surface area (Å²) in [7, 11) is 0. The summed E-state index contributed by atoms with van der Waals surface area (Å²) in [4.78, 5) is 65.7. The number of ether oxygens (including phenoxy) is 3. The summed E-state index contributed by atoms with van der Waals surface area (Å²) >= 11 is 1.51. The molecule has 290 valence electrons. The Morgan fingerprint density at radius 3 is 2.06 bits per heavy atom. The molecule has 0 aliphatic rings. The van der Waals surface area contributed by atoms with E-state index in [9.17, 15) is 29.3 Å². The standard InChI is InChI=1S/C33H52N8O10S/c1-31(2,3)48-28(43)36-21(15-14-19-35-27(37-29(44)49-32(4,5)6)38-30(45)50-33(7,8)9)26(42)34-18-12-10-11-13-20-52-23-17-16-22(41(46)47)24-25(23)40-51-39-24/h16-17,21H,10-15,18-20H2,1-9H3,(H,34,42)(H,36,43)(H2,35,37,38,44,45). The summed E-state index contributed by atoms with van der Waals surface area (Å²) in [5.41, 5.74) is -2.06. The fourth-order valence-electron chi connectivity index (χ4n) is 4.31. The molecule has 0 aliphatic heterocycles. The number of carbonyl (C=O) groups excluding carboxylic acids is 4. The lowest BCUT2D eigenvalue weighted by Gasteiger charge is -2.23. The van der Waals surface area contributed by atoms with E-state index in [1.165, 1.54) is 17.8 Å². The summed E-state index contributed by atoms with van der Waals surface area (Å²) in [5.74, 6) is 0.165. The van der Waals surface area contributed by atoms with Crippen molar-refractivity contribution < 1.29 is 42.9 Å². The fourth-order valence-corrected chi connectivity index (χ4v) is 5.32. The zero-order valence-corrected chi connectivity index (χ0v) is 32.2. The van der Waals surface area contributed by atoms with Gasteiger partial charge in [0.1, 0.15) is 22.8 Å². The Bertz CT molecular complexity index is 1560. The number of non-ortho nitro benzene ring substituents is 1. The van der Waals surface area contributed by atoms with Crippen molar-refractivity contribution in [2.45, 2.75) is 129 Å². The van der Waals surface area contributed by atoms with Gasteiger partial charge in [0.25, 0.3) is 0 Å². The van der Waals surface area contributed by atoms with Gasteiger partial charge in [-0.3, -0.25) is 20.2 Å². The van der Waals surface area contributed by atoms with E-state index in [2.05, 4.69) is 36.6 Å². The smallest absolute Gasteiger partial charge is 0.437 e. The molecule has 4 amide bonds. The van der Waals surface area contributed by atoms with Crippen LogP contribution in [0.5, 0.6) is 0 Å². The summed E-state index contributed by atoms with van der Waals surface area (Å²) in [5, 5.41) is 29.4. The van der Waals surface area contributed by atoms with Crippen LogP contribution in [0.15, 0.2) is 26.6 Å². The minimum Gasteiger partial charge on any atom is -0.444 e. The van der Waals surface area contributed by atoms with Crippen molar-refractivity contribution in [1.29, 1.82) is 0 Å². The Hall–Kier alpha value is -4.68. The lowest BCUT2D eigenvalue weighted by Crippen LogP contribution is -2.49. The van der Waals surface area contributed by atoms with Crippen LogP contribution in [0.3, 0.4) is 0 Å². The van der Waals surface area contributed by atoms with Crippen LogP contribution >= 0.6 is 11.8 Å². The molecule has 1 aromatic carbocycles. The van der Waals surface area contributed by atoms with E-state index >= 15 is 0 Å². The summed E-state index contributed by atoms with van der Waals surface area (Å²) in [6.45, 7) is 15.8. The topological polar surface area (TPSA) is 239 Å². The maximum atomic E-state index is 13.1. The van der Waals surface area contributed by atoms with Crippen molar-refractivity contribution in [3.63, 3.8) is 0 Å². The number of hydrogen-bond donors (Lipinski definition) is 4. The van der Waals surface area contributed by atoms with Crippen molar-refractivity contribution in [2.75, 3.05) is 18.8 Å². The minimum absolute atomic E-state index is 0.119. The maximum Gasteiger partial charge on any atom is 0.437 e. The molecule has 0 fully saturated rings. The monoisotopic (exact) mass is 752 g/mol. The second kappa shape index (κ2) is 19.8. The van der Waals surface area contributed by atoms with Crippen LogP contribution in [-0.4, -0.2) is 87.1 Å². The molecule has 1 atom stereocenters. The first-order valence-corrected chi connectivity index (χ1v) is 18.0. The van der Waals surface area contributed by atoms with Gasteiger partial charge in [0.05, 0.1) is 4.92 Å². The van der Waals surface area contributed by atoms with E-state index in [0.29, 0.717) is 24.9 Å². The highest BCUT2D eigenvalue weighted by Gasteiger charge is 2.25. The van der Waals surface area contributed by atoms with Gasteiger partial charge in [-0.1, -0.05) is 12.8 Å². The molecule has 2 rings (SSSR count). The highest BCUT2D eigenvalue weighted by molar-refractivity contribution is 7.99. The number of benzene rings is 1. The van der Waals surface area contributed by atoms with Crippen LogP contribution in [-0.2, 0) is 19.0 Å². The Morgan fingerprint density at radius 2 is 1.42 bits per heavy atom. The van der Waals surface area contributed by atoms with Gasteiger partial charge in [0, 0.05) is 24.1 Å². The SMILES string of the molecule is CC(C)(C)OC(=O)N=C(NCCCC(NC(=O)OC(C)(C)C)C(=O)NCCCCCCSc1ccc([N+](=O)[O-])c2nonc12)NC(=O)OC(C)(C)C. The second-order valence-corrected chi connectivity index (χ2v) is 15.8. The molecule has 1 aromatic heterocycles. The Kier molecular flexibility index (Phi) is 16.6. The summed E-state index contributed by atoms with van der Waals surface area (Å²) in [6, 6.07) is 2.10. The maximum absolute atomic E-state index is 13.1. The third kappa shape index (κ3) is 17.5. The van der Waals surface area contributed by atoms with Gasteiger partial charge in [-0.05, 0) is 110 Å². The number of alkyl carbamates (subject to hydrolysis) is 2. The number of nitro benzene ring substituents is 1. The molecule has 0 saturated heterocycles. The number of aromatic nitrogens is 2. The van der Waals surface area contributed by atoms with Crippen LogP contribution in [0.4, 0.5) is 20.1 Å². The first-order valence-electron chi connectivity index (χ1n) is 17.0. The van der Waals surface area contributed by atoms with Gasteiger partial charge in [0.15, 0.2) is 5.52 Å². The van der Waals surface area contributed by atoms with Crippen molar-refractivity contribution in [3.05, 3.63) is 22.2 Å². The molecule has 19 heteroatoms. The van der Waals surface area contributed by atoms with E-state index in [1.54, 1.807) is 68.4 Å². The third-order valence-electron chi connectivity index (χ3n) is 6.37. The van der Waals surface area contributed by atoms with E-state index in [4.69, 9.17) is 18.8 Å². The van der Waals surface area contributed by atoms with Gasteiger partial charge in [0.2, 0.25) is 17.4 Å². The highest BCUT2D eigenvalue weighted by Crippen LogP contribution is 2.32. The highest BCUT2D eigenvalue weighted by atomic mass is 32.2.